The zero-order chi connectivity index (χ0) is 27.1. The molecule has 0 bridgehead atoms. The molecule has 3 aromatic rings. The Bertz CT molecular complexity index is 1510. The Morgan fingerprint density at radius 3 is 2.64 bits per heavy atom. The van der Waals surface area contributed by atoms with E-state index in [0.717, 1.165) is 80.8 Å². The number of carbonyl (C=O) groups is 1. The number of morpholine rings is 1. The van der Waals surface area contributed by atoms with Gasteiger partial charge in [0.05, 0.1) is 30.7 Å². The monoisotopic (exact) mass is 551 g/mol. The van der Waals surface area contributed by atoms with Crippen LogP contribution in [-0.4, -0.2) is 72.9 Å². The molecule has 1 atom stereocenters. The molecular formula is C29H37N5O4S. The number of hydrogen-bond donors (Lipinski definition) is 0. The van der Waals surface area contributed by atoms with Gasteiger partial charge in [-0.2, -0.15) is 9.61 Å². The normalized spacial score (nSPS) is 20.3. The Balaban J connectivity index is 1.41. The summed E-state index contributed by atoms with van der Waals surface area (Å²) in [6.45, 7) is 5.59. The highest BCUT2D eigenvalue weighted by atomic mass is 32.2. The third-order valence-electron chi connectivity index (χ3n) is 8.20. The van der Waals surface area contributed by atoms with Crippen molar-refractivity contribution in [1.82, 2.24) is 19.5 Å². The number of aromatic nitrogens is 3. The fourth-order valence-electron chi connectivity index (χ4n) is 6.34. The number of aryl methyl sites for hydroxylation is 2. The van der Waals surface area contributed by atoms with Crippen LogP contribution in [0.25, 0.3) is 5.65 Å². The number of amides is 1. The summed E-state index contributed by atoms with van der Waals surface area (Å²) >= 11 is 0. The lowest BCUT2D eigenvalue weighted by molar-refractivity contribution is 0.0604. The van der Waals surface area contributed by atoms with Crippen molar-refractivity contribution < 1.29 is 17.9 Å². The summed E-state index contributed by atoms with van der Waals surface area (Å²) in [5.41, 5.74) is 6.11. The van der Waals surface area contributed by atoms with E-state index in [1.807, 2.05) is 28.5 Å². The summed E-state index contributed by atoms with van der Waals surface area (Å²) in [6.07, 6.45) is 8.23. The number of sulfone groups is 1. The summed E-state index contributed by atoms with van der Waals surface area (Å²) in [5.74, 6) is 0.853. The molecule has 1 unspecified atom stereocenters. The third-order valence-corrected chi connectivity index (χ3v) is 9.03. The number of rotatable bonds is 5. The summed E-state index contributed by atoms with van der Waals surface area (Å²) in [7, 11) is -3.29. The lowest BCUT2D eigenvalue weighted by atomic mass is 9.96. The zero-order valence-electron chi connectivity index (χ0n) is 22.9. The summed E-state index contributed by atoms with van der Waals surface area (Å²) in [6, 6.07) is 7.34. The predicted molar refractivity (Wildman–Crippen MR) is 150 cm³/mol. The molecule has 1 aromatic carbocycles. The van der Waals surface area contributed by atoms with Gasteiger partial charge in [-0.1, -0.05) is 17.7 Å². The van der Waals surface area contributed by atoms with Crippen LogP contribution in [0, 0.1) is 6.92 Å². The number of ether oxygens (including phenoxy) is 1. The van der Waals surface area contributed by atoms with E-state index in [0.29, 0.717) is 30.9 Å². The molecule has 2 aromatic heterocycles. The lowest BCUT2D eigenvalue weighted by Crippen LogP contribution is -2.39. The van der Waals surface area contributed by atoms with Crippen LogP contribution >= 0.6 is 0 Å². The van der Waals surface area contributed by atoms with Crippen LogP contribution < -0.4 is 4.90 Å². The fraction of sp³-hybridized carbons (Fsp3) is 0.552. The molecule has 4 heterocycles. The van der Waals surface area contributed by atoms with Crippen molar-refractivity contribution in [3.63, 3.8) is 0 Å². The fourth-order valence-corrected chi connectivity index (χ4v) is 7.16. The molecular weight excluding hydrogens is 514 g/mol. The molecule has 39 heavy (non-hydrogen) atoms. The van der Waals surface area contributed by atoms with Crippen molar-refractivity contribution in [3.8, 4) is 0 Å². The number of piperidine rings is 1. The molecule has 6 rings (SSSR count). The lowest BCUT2D eigenvalue weighted by Gasteiger charge is -2.35. The first kappa shape index (κ1) is 26.3. The Morgan fingerprint density at radius 2 is 1.85 bits per heavy atom. The molecule has 10 heteroatoms. The van der Waals surface area contributed by atoms with Crippen LogP contribution in [0.3, 0.4) is 0 Å². The summed E-state index contributed by atoms with van der Waals surface area (Å²) < 4.78 is 31.9. The van der Waals surface area contributed by atoms with Gasteiger partial charge < -0.3 is 14.5 Å². The first-order valence-electron chi connectivity index (χ1n) is 14.1. The number of hydrogen-bond acceptors (Lipinski definition) is 7. The molecule has 1 aliphatic carbocycles. The highest BCUT2D eigenvalue weighted by Gasteiger charge is 2.33. The van der Waals surface area contributed by atoms with Gasteiger partial charge in [0.2, 0.25) is 0 Å². The second kappa shape index (κ2) is 10.5. The van der Waals surface area contributed by atoms with Crippen molar-refractivity contribution in [2.45, 2.75) is 63.7 Å². The van der Waals surface area contributed by atoms with Gasteiger partial charge in [0.25, 0.3) is 5.91 Å². The highest BCUT2D eigenvalue weighted by molar-refractivity contribution is 7.89. The first-order chi connectivity index (χ1) is 18.8. The second-order valence-electron chi connectivity index (χ2n) is 11.2. The number of nitrogens with zero attached hydrogens (tertiary/aromatic N) is 5. The standard InChI is InChI=1S/C29H37N5O4S/c1-20-10-11-21(19-39(2,36)37)23(17-20)29(35)33-12-6-5-9-26(33)25-18-27-30-24-8-4-3-7-22(24)28(34(27)31-25)32-13-15-38-16-14-32/h10-11,17-18,26H,3-9,12-16,19H2,1-2H3. The SMILES string of the molecule is Cc1ccc(CS(C)(=O)=O)c(C(=O)N2CCCCC2c2cc3nc4c(c(N5CCOCC5)n3n2)CCCC4)c1. The maximum Gasteiger partial charge on any atom is 0.254 e. The molecule has 2 aliphatic heterocycles. The molecule has 1 amide bonds. The highest BCUT2D eigenvalue weighted by Crippen LogP contribution is 2.36. The van der Waals surface area contributed by atoms with E-state index >= 15 is 0 Å². The predicted octanol–water partition coefficient (Wildman–Crippen LogP) is 3.67. The van der Waals surface area contributed by atoms with Crippen LogP contribution in [-0.2, 0) is 33.2 Å². The molecule has 0 radical (unpaired) electrons. The van der Waals surface area contributed by atoms with E-state index in [9.17, 15) is 13.2 Å². The smallest absolute Gasteiger partial charge is 0.254 e. The van der Waals surface area contributed by atoms with Gasteiger partial charge in [0, 0.05) is 48.8 Å². The van der Waals surface area contributed by atoms with Gasteiger partial charge in [0.15, 0.2) is 15.5 Å². The molecule has 2 fully saturated rings. The molecule has 0 spiro atoms. The van der Waals surface area contributed by atoms with Gasteiger partial charge in [-0.25, -0.2) is 13.4 Å². The molecule has 9 nitrogen and oxygen atoms in total. The molecule has 0 saturated carbocycles. The van der Waals surface area contributed by atoms with Crippen LogP contribution in [0.5, 0.6) is 0 Å². The Morgan fingerprint density at radius 1 is 1.05 bits per heavy atom. The minimum atomic E-state index is -3.29. The van der Waals surface area contributed by atoms with Gasteiger partial charge in [-0.15, -0.1) is 0 Å². The number of fused-ring (bicyclic) bond motifs is 2. The summed E-state index contributed by atoms with van der Waals surface area (Å²) in [4.78, 5) is 23.4. The maximum atomic E-state index is 14.0. The average molecular weight is 552 g/mol. The average Bonchev–Trinajstić information content (AvgIpc) is 3.35. The van der Waals surface area contributed by atoms with E-state index in [1.165, 1.54) is 17.5 Å². The molecule has 3 aliphatic rings. The minimum Gasteiger partial charge on any atom is -0.378 e. The minimum absolute atomic E-state index is 0.125. The van der Waals surface area contributed by atoms with Gasteiger partial charge in [-0.3, -0.25) is 4.79 Å². The van der Waals surface area contributed by atoms with Crippen molar-refractivity contribution in [3.05, 3.63) is 57.9 Å². The number of anilines is 1. The van der Waals surface area contributed by atoms with E-state index in [2.05, 4.69) is 11.0 Å². The van der Waals surface area contributed by atoms with Crippen LogP contribution in [0.1, 0.15) is 76.6 Å². The van der Waals surface area contributed by atoms with Crippen LogP contribution in [0.2, 0.25) is 0 Å². The maximum absolute atomic E-state index is 14.0. The Kier molecular flexibility index (Phi) is 7.09. The topological polar surface area (TPSA) is 97.1 Å². The van der Waals surface area contributed by atoms with Crippen LogP contribution in [0.4, 0.5) is 5.82 Å². The third kappa shape index (κ3) is 5.28. The van der Waals surface area contributed by atoms with Gasteiger partial charge in [0.1, 0.15) is 5.82 Å². The quantitative estimate of drug-likeness (QED) is 0.477. The number of likely N-dealkylation sites (tertiary alicyclic amines) is 1. The van der Waals surface area contributed by atoms with Gasteiger partial charge >= 0.3 is 0 Å². The number of benzene rings is 1. The molecule has 0 N–H and O–H groups in total. The van der Waals surface area contributed by atoms with Crippen molar-refractivity contribution in [2.75, 3.05) is 44.0 Å². The first-order valence-corrected chi connectivity index (χ1v) is 16.2. The van der Waals surface area contributed by atoms with E-state index < -0.39 is 9.84 Å². The molecule has 208 valence electrons. The largest absolute Gasteiger partial charge is 0.378 e. The Hall–Kier alpha value is -2.98. The van der Waals surface area contributed by atoms with E-state index in [-0.39, 0.29) is 17.7 Å². The number of carbonyl (C=O) groups excluding carboxylic acids is 1. The Labute approximate surface area is 230 Å². The summed E-state index contributed by atoms with van der Waals surface area (Å²) in [5, 5.41) is 5.13. The van der Waals surface area contributed by atoms with E-state index in [4.69, 9.17) is 14.8 Å². The van der Waals surface area contributed by atoms with Crippen molar-refractivity contribution >= 4 is 27.2 Å². The molecule has 2 saturated heterocycles. The van der Waals surface area contributed by atoms with Crippen LogP contribution in [0.15, 0.2) is 24.3 Å². The van der Waals surface area contributed by atoms with Gasteiger partial charge in [-0.05, 0) is 63.5 Å². The second-order valence-corrected chi connectivity index (χ2v) is 13.4. The van der Waals surface area contributed by atoms with Crippen molar-refractivity contribution in [2.24, 2.45) is 0 Å². The zero-order valence-corrected chi connectivity index (χ0v) is 23.7. The van der Waals surface area contributed by atoms with Crippen molar-refractivity contribution in [1.29, 1.82) is 0 Å². The van der Waals surface area contributed by atoms with E-state index in [1.54, 1.807) is 6.07 Å².